The van der Waals surface area contributed by atoms with E-state index in [4.69, 9.17) is 4.74 Å². The maximum Gasteiger partial charge on any atom is 0.257 e. The molecule has 1 aliphatic rings. The van der Waals surface area contributed by atoms with Crippen LogP contribution in [0.25, 0.3) is 17.0 Å². The summed E-state index contributed by atoms with van der Waals surface area (Å²) in [5.41, 5.74) is 3.27. The average molecular weight is 346 g/mol. The van der Waals surface area contributed by atoms with Crippen LogP contribution in [0.4, 0.5) is 0 Å². The van der Waals surface area contributed by atoms with E-state index in [1.165, 1.54) is 4.90 Å². The van der Waals surface area contributed by atoms with E-state index in [-0.39, 0.29) is 18.2 Å². The zero-order valence-electron chi connectivity index (χ0n) is 14.4. The number of carbonyl (C=O) groups is 2. The Morgan fingerprint density at radius 3 is 2.73 bits per heavy atom. The maximum absolute atomic E-state index is 12.7. The molecule has 1 N–H and O–H groups in total. The number of carbonyl (C=O) groups excluding carboxylic acids is 2. The lowest BCUT2D eigenvalue weighted by molar-refractivity contribution is -0.138. The first-order valence-electron chi connectivity index (χ1n) is 8.40. The molecule has 2 heterocycles. The molecule has 0 atom stereocenters. The summed E-state index contributed by atoms with van der Waals surface area (Å²) < 4.78 is 5.27. The van der Waals surface area contributed by atoms with E-state index in [1.807, 2.05) is 54.7 Å². The molecule has 5 nitrogen and oxygen atoms in total. The van der Waals surface area contributed by atoms with E-state index >= 15 is 0 Å². The molecular formula is C21H18N2O3. The molecule has 0 saturated carbocycles. The van der Waals surface area contributed by atoms with Gasteiger partial charge in [0.1, 0.15) is 5.75 Å². The fraction of sp³-hybridized carbons (Fsp3) is 0.143. The quantitative estimate of drug-likeness (QED) is 0.581. The highest BCUT2D eigenvalue weighted by molar-refractivity contribution is 6.16. The first-order valence-corrected chi connectivity index (χ1v) is 8.40. The summed E-state index contributed by atoms with van der Waals surface area (Å²) >= 11 is 0. The van der Waals surface area contributed by atoms with Crippen molar-refractivity contribution in [2.75, 3.05) is 7.11 Å². The van der Waals surface area contributed by atoms with Crippen molar-refractivity contribution in [2.24, 2.45) is 0 Å². The molecule has 0 bridgehead atoms. The average Bonchev–Trinajstić information content (AvgIpc) is 3.18. The minimum absolute atomic E-state index is 0.127. The number of likely N-dealkylation sites (tertiary alicyclic amines) is 1. The number of hydrogen-bond donors (Lipinski definition) is 1. The van der Waals surface area contributed by atoms with E-state index in [0.29, 0.717) is 12.1 Å². The van der Waals surface area contributed by atoms with Gasteiger partial charge in [0.25, 0.3) is 5.91 Å². The Balaban J connectivity index is 1.64. The Bertz CT molecular complexity index is 1020. The Morgan fingerprint density at radius 2 is 1.96 bits per heavy atom. The number of nitrogens with one attached hydrogen (secondary N) is 1. The number of nitrogens with zero attached hydrogens (tertiary/aromatic N) is 1. The van der Waals surface area contributed by atoms with E-state index in [2.05, 4.69) is 4.98 Å². The van der Waals surface area contributed by atoms with Gasteiger partial charge in [-0.1, -0.05) is 30.3 Å². The van der Waals surface area contributed by atoms with Gasteiger partial charge < -0.3 is 9.72 Å². The van der Waals surface area contributed by atoms with Gasteiger partial charge in [-0.15, -0.1) is 0 Å². The third-order valence-corrected chi connectivity index (χ3v) is 4.60. The Labute approximate surface area is 150 Å². The number of fused-ring (bicyclic) bond motifs is 1. The van der Waals surface area contributed by atoms with Crippen molar-refractivity contribution in [3.05, 3.63) is 71.4 Å². The first kappa shape index (κ1) is 16.1. The molecule has 4 rings (SSSR count). The molecular weight excluding hydrogens is 328 g/mol. The summed E-state index contributed by atoms with van der Waals surface area (Å²) in [4.78, 5) is 29.5. The molecule has 5 heteroatoms. The molecule has 3 aromatic rings. The topological polar surface area (TPSA) is 62.4 Å². The van der Waals surface area contributed by atoms with E-state index in [1.54, 1.807) is 13.2 Å². The van der Waals surface area contributed by atoms with Crippen LogP contribution in [0.5, 0.6) is 5.75 Å². The van der Waals surface area contributed by atoms with Crippen LogP contribution in [-0.2, 0) is 16.1 Å². The fourth-order valence-corrected chi connectivity index (χ4v) is 3.21. The number of aromatic nitrogens is 1. The first-order chi connectivity index (χ1) is 12.7. The lowest BCUT2D eigenvalue weighted by atomic mass is 10.1. The highest BCUT2D eigenvalue weighted by Crippen LogP contribution is 2.28. The number of aromatic amines is 1. The normalized spacial score (nSPS) is 16.0. The molecule has 0 spiro atoms. The summed E-state index contributed by atoms with van der Waals surface area (Å²) in [7, 11) is 1.62. The molecule has 2 amide bonds. The smallest absolute Gasteiger partial charge is 0.257 e. The predicted octanol–water partition coefficient (Wildman–Crippen LogP) is 3.52. The summed E-state index contributed by atoms with van der Waals surface area (Å²) in [6.45, 7) is 0.303. The standard InChI is InChI=1S/C21H18N2O3/c1-26-17-7-8-19-18(11-17)16(12-22-19)9-15-10-20(24)23(21(15)25)13-14-5-3-2-4-6-14/h2-9,11-12,22H,10,13H2,1H3. The van der Waals surface area contributed by atoms with Gasteiger partial charge in [0.2, 0.25) is 5.91 Å². The van der Waals surface area contributed by atoms with Crippen molar-refractivity contribution in [2.45, 2.75) is 13.0 Å². The SMILES string of the molecule is COc1ccc2[nH]cc(C=C3CC(=O)N(Cc4ccccc4)C3=O)c2c1. The second-order valence-corrected chi connectivity index (χ2v) is 6.27. The largest absolute Gasteiger partial charge is 0.497 e. The molecule has 1 fully saturated rings. The van der Waals surface area contributed by atoms with Gasteiger partial charge in [0.05, 0.1) is 20.1 Å². The number of H-pyrrole nitrogens is 1. The molecule has 1 aromatic heterocycles. The number of amides is 2. The van der Waals surface area contributed by atoms with Crippen LogP contribution in [0.15, 0.2) is 60.3 Å². The lowest BCUT2D eigenvalue weighted by Crippen LogP contribution is -2.28. The van der Waals surface area contributed by atoms with Crippen LogP contribution in [0, 0.1) is 0 Å². The minimum atomic E-state index is -0.226. The van der Waals surface area contributed by atoms with Crippen molar-refractivity contribution < 1.29 is 14.3 Å². The predicted molar refractivity (Wildman–Crippen MR) is 99.4 cm³/mol. The molecule has 130 valence electrons. The second-order valence-electron chi connectivity index (χ2n) is 6.27. The van der Waals surface area contributed by atoms with E-state index < -0.39 is 0 Å². The number of methoxy groups -OCH3 is 1. The van der Waals surface area contributed by atoms with Crippen LogP contribution in [0.3, 0.4) is 0 Å². The van der Waals surface area contributed by atoms with Crippen molar-refractivity contribution >= 4 is 28.8 Å². The Hall–Kier alpha value is -3.34. The van der Waals surface area contributed by atoms with Crippen molar-refractivity contribution in [3.8, 4) is 5.75 Å². The number of rotatable bonds is 4. The zero-order chi connectivity index (χ0) is 18.1. The van der Waals surface area contributed by atoms with Gasteiger partial charge in [0.15, 0.2) is 0 Å². The summed E-state index contributed by atoms with van der Waals surface area (Å²) in [5, 5.41) is 0.957. The van der Waals surface area contributed by atoms with Crippen LogP contribution in [0.1, 0.15) is 17.5 Å². The molecule has 2 aromatic carbocycles. The number of benzene rings is 2. The molecule has 26 heavy (non-hydrogen) atoms. The number of ether oxygens (including phenoxy) is 1. The fourth-order valence-electron chi connectivity index (χ4n) is 3.21. The van der Waals surface area contributed by atoms with E-state index in [9.17, 15) is 9.59 Å². The Morgan fingerprint density at radius 1 is 1.15 bits per heavy atom. The molecule has 1 aliphatic heterocycles. The zero-order valence-corrected chi connectivity index (χ0v) is 14.4. The highest BCUT2D eigenvalue weighted by atomic mass is 16.5. The summed E-state index contributed by atoms with van der Waals surface area (Å²) in [6, 6.07) is 15.3. The van der Waals surface area contributed by atoms with Crippen LogP contribution < -0.4 is 4.74 Å². The third-order valence-electron chi connectivity index (χ3n) is 4.60. The maximum atomic E-state index is 12.7. The van der Waals surface area contributed by atoms with Gasteiger partial charge >= 0.3 is 0 Å². The van der Waals surface area contributed by atoms with Gasteiger partial charge in [-0.05, 0) is 29.8 Å². The Kier molecular flexibility index (Phi) is 4.05. The number of imide groups is 1. The second kappa shape index (κ2) is 6.52. The minimum Gasteiger partial charge on any atom is -0.497 e. The van der Waals surface area contributed by atoms with Crippen LogP contribution in [-0.4, -0.2) is 28.8 Å². The number of hydrogen-bond acceptors (Lipinski definition) is 3. The summed E-state index contributed by atoms with van der Waals surface area (Å²) in [6.07, 6.45) is 3.76. The molecule has 0 radical (unpaired) electrons. The van der Waals surface area contributed by atoms with Gasteiger partial charge in [-0.25, -0.2) is 0 Å². The van der Waals surface area contributed by atoms with E-state index in [0.717, 1.165) is 27.8 Å². The lowest BCUT2D eigenvalue weighted by Gasteiger charge is -2.13. The van der Waals surface area contributed by atoms with Crippen molar-refractivity contribution in [1.82, 2.24) is 9.88 Å². The molecule has 1 saturated heterocycles. The van der Waals surface area contributed by atoms with Crippen LogP contribution >= 0.6 is 0 Å². The van der Waals surface area contributed by atoms with Gasteiger partial charge in [-0.3, -0.25) is 14.5 Å². The molecule has 0 aliphatic carbocycles. The van der Waals surface area contributed by atoms with Crippen molar-refractivity contribution in [1.29, 1.82) is 0 Å². The summed E-state index contributed by atoms with van der Waals surface area (Å²) in [5.74, 6) is 0.356. The van der Waals surface area contributed by atoms with Gasteiger partial charge in [0, 0.05) is 28.2 Å². The van der Waals surface area contributed by atoms with Crippen LogP contribution in [0.2, 0.25) is 0 Å². The van der Waals surface area contributed by atoms with Crippen molar-refractivity contribution in [3.63, 3.8) is 0 Å². The highest BCUT2D eigenvalue weighted by Gasteiger charge is 2.33. The monoisotopic (exact) mass is 346 g/mol. The van der Waals surface area contributed by atoms with Gasteiger partial charge in [-0.2, -0.15) is 0 Å². The molecule has 0 unspecified atom stereocenters. The third kappa shape index (κ3) is 2.88.